The largest absolute Gasteiger partial charge is 0.488 e. The van der Waals surface area contributed by atoms with E-state index in [4.69, 9.17) is 31.8 Å². The van der Waals surface area contributed by atoms with Crippen molar-refractivity contribution in [3.63, 3.8) is 0 Å². The molecular weight excluding hydrogens is 833 g/mol. The summed E-state index contributed by atoms with van der Waals surface area (Å²) in [6.07, 6.45) is 14.3. The molecular formula is C64H72O4. The maximum Gasteiger partial charge on any atom is 0.148 e. The highest BCUT2D eigenvalue weighted by Crippen LogP contribution is 2.44. The molecule has 0 saturated carbocycles. The van der Waals surface area contributed by atoms with Crippen molar-refractivity contribution in [1.82, 2.24) is 0 Å². The van der Waals surface area contributed by atoms with Gasteiger partial charge in [-0.2, -0.15) is 0 Å². The predicted octanol–water partition coefficient (Wildman–Crippen LogP) is 14.7. The lowest BCUT2D eigenvalue weighted by molar-refractivity contribution is 0.299. The van der Waals surface area contributed by atoms with Crippen LogP contribution < -0.4 is 18.9 Å². The lowest BCUT2D eigenvalue weighted by atomic mass is 9.79. The van der Waals surface area contributed by atoms with Gasteiger partial charge in [-0.25, -0.2) is 0 Å². The van der Waals surface area contributed by atoms with Crippen LogP contribution >= 0.6 is 0 Å². The first kappa shape index (κ1) is 49.5. The van der Waals surface area contributed by atoms with Crippen molar-refractivity contribution in [2.24, 2.45) is 0 Å². The van der Waals surface area contributed by atoms with Gasteiger partial charge >= 0.3 is 0 Å². The molecule has 0 radical (unpaired) electrons. The molecule has 0 fully saturated rings. The highest BCUT2D eigenvalue weighted by Gasteiger charge is 2.29. The van der Waals surface area contributed by atoms with Crippen LogP contribution in [0.2, 0.25) is 0 Å². The Morgan fingerprint density at radius 2 is 0.574 bits per heavy atom. The minimum atomic E-state index is -0.173. The number of hydrogen-bond acceptors (Lipinski definition) is 4. The molecule has 4 heteroatoms. The normalized spacial score (nSPS) is 13.0. The Morgan fingerprint density at radius 3 is 0.779 bits per heavy atom. The first-order chi connectivity index (χ1) is 32.1. The van der Waals surface area contributed by atoms with E-state index in [2.05, 4.69) is 192 Å². The molecule has 7 rings (SSSR count). The summed E-state index contributed by atoms with van der Waals surface area (Å²) in [4.78, 5) is 0. The van der Waals surface area contributed by atoms with E-state index in [1.165, 1.54) is 22.3 Å². The average molecular weight is 905 g/mol. The lowest BCUT2D eigenvalue weighted by Gasteiger charge is -2.29. The van der Waals surface area contributed by atoms with E-state index in [1.54, 1.807) is 0 Å². The second-order valence-corrected chi connectivity index (χ2v) is 22.7. The molecule has 6 aromatic carbocycles. The number of fused-ring (bicyclic) bond motifs is 8. The molecule has 4 nitrogen and oxygen atoms in total. The van der Waals surface area contributed by atoms with Crippen LogP contribution in [0.1, 0.15) is 161 Å². The van der Waals surface area contributed by atoms with Crippen molar-refractivity contribution in [1.29, 1.82) is 0 Å². The minimum absolute atomic E-state index is 0.134. The molecule has 0 unspecified atom stereocenters. The van der Waals surface area contributed by atoms with Gasteiger partial charge in [0.05, 0.1) is 0 Å². The quantitative estimate of drug-likeness (QED) is 0.128. The lowest BCUT2D eigenvalue weighted by Crippen LogP contribution is -2.18. The maximum absolute atomic E-state index is 7.14. The Bertz CT molecular complexity index is 2530. The fourth-order valence-corrected chi connectivity index (χ4v) is 9.05. The fourth-order valence-electron chi connectivity index (χ4n) is 9.05. The Kier molecular flexibility index (Phi) is 14.6. The summed E-state index contributed by atoms with van der Waals surface area (Å²) < 4.78 is 27.9. The molecule has 352 valence electrons. The van der Waals surface area contributed by atoms with Gasteiger partial charge in [-0.15, -0.1) is 12.8 Å². The molecule has 6 aromatic rings. The van der Waals surface area contributed by atoms with Gasteiger partial charge in [0.25, 0.3) is 0 Å². The van der Waals surface area contributed by atoms with Crippen LogP contribution in [0.3, 0.4) is 0 Å². The first-order valence-electron chi connectivity index (χ1n) is 24.2. The summed E-state index contributed by atoms with van der Waals surface area (Å²) in [5.74, 6) is 8.93. The standard InChI is InChI=1S/C64H72O4/c1-15-27-65-57-45-29-49-37-55(63(9,10)11)39-51(59(49)67-41-43-23-19-17-20-24-43)31-47-35-54(62(6,7)8)36-48(58(47)66-28-16-2)32-52-40-56(64(12,13)14)38-50(30-46(57)34-53(33-45)61(3,4)5)60(52)68-42-44-25-21-18-22-26-44/h1-2,17-26,33-40H,27-32,41-42H2,3-14H3. The maximum atomic E-state index is 7.14. The molecule has 0 aromatic heterocycles. The van der Waals surface area contributed by atoms with E-state index in [-0.39, 0.29) is 34.9 Å². The van der Waals surface area contributed by atoms with Crippen molar-refractivity contribution in [2.45, 2.75) is 144 Å². The van der Waals surface area contributed by atoms with Gasteiger partial charge in [-0.1, -0.05) is 204 Å². The third-order valence-corrected chi connectivity index (χ3v) is 13.0. The SMILES string of the molecule is C#CCOc1c2cc(C(C)(C)C)cc1Cc1cc(C(C)(C)C)cc(c1OCc1ccccc1)Cc1cc(C(C)(C)C)cc(c1OCC#C)Cc1cc(C(C)(C)C)cc(c1OCc1ccccc1)C2. The highest BCUT2D eigenvalue weighted by molar-refractivity contribution is 5.60. The smallest absolute Gasteiger partial charge is 0.148 e. The number of terminal acetylenes is 2. The molecule has 8 bridgehead atoms. The summed E-state index contributed by atoms with van der Waals surface area (Å²) in [5.41, 5.74) is 14.9. The number of hydrogen-bond donors (Lipinski definition) is 0. The molecule has 0 N–H and O–H groups in total. The summed E-state index contributed by atoms with van der Waals surface area (Å²) in [7, 11) is 0. The van der Waals surface area contributed by atoms with Gasteiger partial charge in [0.2, 0.25) is 0 Å². The zero-order valence-corrected chi connectivity index (χ0v) is 42.8. The van der Waals surface area contributed by atoms with Crippen molar-refractivity contribution in [3.8, 4) is 47.7 Å². The first-order valence-corrected chi connectivity index (χ1v) is 24.2. The molecule has 0 heterocycles. The molecule has 0 aliphatic heterocycles. The molecule has 0 atom stereocenters. The summed E-state index contributed by atoms with van der Waals surface area (Å²) in [6, 6.07) is 39.5. The molecule has 1 aliphatic rings. The van der Waals surface area contributed by atoms with E-state index in [0.29, 0.717) is 38.9 Å². The van der Waals surface area contributed by atoms with Gasteiger partial charge < -0.3 is 18.9 Å². The Hall–Kier alpha value is -6.36. The summed E-state index contributed by atoms with van der Waals surface area (Å²) >= 11 is 0. The van der Waals surface area contributed by atoms with Crippen LogP contribution in [-0.4, -0.2) is 13.2 Å². The van der Waals surface area contributed by atoms with Crippen LogP contribution in [0.25, 0.3) is 0 Å². The van der Waals surface area contributed by atoms with Crippen LogP contribution in [0.15, 0.2) is 109 Å². The molecule has 0 amide bonds. The number of benzene rings is 6. The Labute approximate surface area is 408 Å². The summed E-state index contributed by atoms with van der Waals surface area (Å²) in [6.45, 7) is 28.5. The van der Waals surface area contributed by atoms with Gasteiger partial charge in [0.15, 0.2) is 0 Å². The molecule has 68 heavy (non-hydrogen) atoms. The van der Waals surface area contributed by atoms with Gasteiger partial charge in [-0.05, 0) is 99.5 Å². The second kappa shape index (κ2) is 20.1. The van der Waals surface area contributed by atoms with Crippen molar-refractivity contribution < 1.29 is 18.9 Å². The second-order valence-electron chi connectivity index (χ2n) is 22.7. The van der Waals surface area contributed by atoms with Gasteiger partial charge in [0.1, 0.15) is 49.4 Å². The molecule has 0 saturated heterocycles. The third-order valence-electron chi connectivity index (χ3n) is 13.0. The topological polar surface area (TPSA) is 36.9 Å². The molecule has 0 spiro atoms. The predicted molar refractivity (Wildman–Crippen MR) is 282 cm³/mol. The van der Waals surface area contributed by atoms with E-state index >= 15 is 0 Å². The number of rotatable bonds is 10. The third kappa shape index (κ3) is 11.8. The van der Waals surface area contributed by atoms with E-state index in [9.17, 15) is 0 Å². The van der Waals surface area contributed by atoms with Gasteiger partial charge in [-0.3, -0.25) is 0 Å². The average Bonchev–Trinajstić information content (AvgIpc) is 3.26. The minimum Gasteiger partial charge on any atom is -0.488 e. The Balaban J connectivity index is 1.62. The zero-order chi connectivity index (χ0) is 49.0. The van der Waals surface area contributed by atoms with E-state index in [1.807, 2.05) is 12.1 Å². The van der Waals surface area contributed by atoms with Crippen LogP contribution in [-0.2, 0) is 60.6 Å². The zero-order valence-electron chi connectivity index (χ0n) is 42.8. The van der Waals surface area contributed by atoms with Crippen LogP contribution in [0, 0.1) is 24.7 Å². The van der Waals surface area contributed by atoms with E-state index in [0.717, 1.165) is 78.6 Å². The van der Waals surface area contributed by atoms with E-state index < -0.39 is 0 Å². The van der Waals surface area contributed by atoms with Crippen molar-refractivity contribution in [2.75, 3.05) is 13.2 Å². The highest BCUT2D eigenvalue weighted by atomic mass is 16.5. The fraction of sp³-hybridized carbons (Fsp3) is 0.375. The van der Waals surface area contributed by atoms with Crippen molar-refractivity contribution in [3.05, 3.63) is 187 Å². The molecule has 1 aliphatic carbocycles. The van der Waals surface area contributed by atoms with Gasteiger partial charge in [0, 0.05) is 25.7 Å². The van der Waals surface area contributed by atoms with Crippen LogP contribution in [0.5, 0.6) is 23.0 Å². The van der Waals surface area contributed by atoms with Crippen molar-refractivity contribution >= 4 is 0 Å². The van der Waals surface area contributed by atoms with Crippen LogP contribution in [0.4, 0.5) is 0 Å². The number of ether oxygens (including phenoxy) is 4. The Morgan fingerprint density at radius 1 is 0.353 bits per heavy atom. The summed E-state index contributed by atoms with van der Waals surface area (Å²) in [5, 5.41) is 0. The monoisotopic (exact) mass is 905 g/mol.